The number of rotatable bonds is 5. The number of benzene rings is 1. The van der Waals surface area contributed by atoms with Crippen molar-refractivity contribution in [3.8, 4) is 0 Å². The van der Waals surface area contributed by atoms with E-state index in [0.29, 0.717) is 13.0 Å². The Labute approximate surface area is 99.2 Å². The minimum absolute atomic E-state index is 0.129. The Kier molecular flexibility index (Phi) is 5.32. The number of esters is 1. The fourth-order valence-corrected chi connectivity index (χ4v) is 2.22. The summed E-state index contributed by atoms with van der Waals surface area (Å²) in [6.07, 6.45) is 0.371. The van der Waals surface area contributed by atoms with Gasteiger partial charge in [0.1, 0.15) is 5.82 Å². The summed E-state index contributed by atoms with van der Waals surface area (Å²) in [5.74, 6) is -0.438. The molecule has 1 atom stereocenters. The second kappa shape index (κ2) is 6.53. The molecule has 0 aromatic heterocycles. The molecule has 0 bridgehead atoms. The van der Waals surface area contributed by atoms with Crippen molar-refractivity contribution in [2.45, 2.75) is 30.4 Å². The number of thioether (sulfide) groups is 1. The Bertz CT molecular complexity index is 337. The number of carbonyl (C=O) groups is 1. The number of halogens is 1. The molecule has 0 heterocycles. The van der Waals surface area contributed by atoms with Gasteiger partial charge in [0.05, 0.1) is 13.0 Å². The van der Waals surface area contributed by atoms with Crippen molar-refractivity contribution in [3.05, 3.63) is 30.1 Å². The number of ether oxygens (including phenoxy) is 1. The maximum absolute atomic E-state index is 12.7. The fourth-order valence-electron chi connectivity index (χ4n) is 1.24. The van der Waals surface area contributed by atoms with Crippen LogP contribution in [0, 0.1) is 5.82 Å². The van der Waals surface area contributed by atoms with E-state index in [1.54, 1.807) is 19.1 Å². The Hall–Kier alpha value is -1.03. The lowest BCUT2D eigenvalue weighted by Gasteiger charge is -2.10. The lowest BCUT2D eigenvalue weighted by Crippen LogP contribution is -2.10. The Morgan fingerprint density at radius 2 is 2.06 bits per heavy atom. The fraction of sp³-hybridized carbons (Fsp3) is 0.417. The lowest BCUT2D eigenvalue weighted by atomic mass is 10.3. The van der Waals surface area contributed by atoms with Gasteiger partial charge in [0.25, 0.3) is 0 Å². The quantitative estimate of drug-likeness (QED) is 0.585. The van der Waals surface area contributed by atoms with E-state index in [-0.39, 0.29) is 17.0 Å². The summed E-state index contributed by atoms with van der Waals surface area (Å²) in [5.41, 5.74) is 0. The Morgan fingerprint density at radius 1 is 1.44 bits per heavy atom. The van der Waals surface area contributed by atoms with Gasteiger partial charge in [0.2, 0.25) is 0 Å². The zero-order valence-electron chi connectivity index (χ0n) is 9.40. The predicted octanol–water partition coefficient (Wildman–Crippen LogP) is 3.26. The first-order chi connectivity index (χ1) is 7.61. The molecule has 0 saturated carbocycles. The van der Waals surface area contributed by atoms with Gasteiger partial charge in [-0.05, 0) is 31.2 Å². The van der Waals surface area contributed by atoms with Crippen LogP contribution in [0.1, 0.15) is 20.3 Å². The van der Waals surface area contributed by atoms with Gasteiger partial charge < -0.3 is 4.74 Å². The highest BCUT2D eigenvalue weighted by atomic mass is 32.2. The number of hydrogen-bond donors (Lipinski definition) is 0. The highest BCUT2D eigenvalue weighted by Gasteiger charge is 2.11. The molecule has 0 aliphatic carbocycles. The summed E-state index contributed by atoms with van der Waals surface area (Å²) in [7, 11) is 0. The summed E-state index contributed by atoms with van der Waals surface area (Å²) in [6.45, 7) is 4.15. The van der Waals surface area contributed by atoms with Gasteiger partial charge in [-0.2, -0.15) is 0 Å². The normalized spacial score (nSPS) is 12.2. The van der Waals surface area contributed by atoms with E-state index in [0.717, 1.165) is 4.90 Å². The molecule has 1 rings (SSSR count). The van der Waals surface area contributed by atoms with Crippen LogP contribution in [-0.2, 0) is 9.53 Å². The van der Waals surface area contributed by atoms with E-state index in [9.17, 15) is 9.18 Å². The van der Waals surface area contributed by atoms with Crippen LogP contribution in [-0.4, -0.2) is 17.8 Å². The third-order valence-electron chi connectivity index (χ3n) is 1.91. The lowest BCUT2D eigenvalue weighted by molar-refractivity contribution is -0.142. The molecule has 0 spiro atoms. The second-order valence-electron chi connectivity index (χ2n) is 3.39. The van der Waals surface area contributed by atoms with Crippen molar-refractivity contribution >= 4 is 17.7 Å². The van der Waals surface area contributed by atoms with Crippen LogP contribution in [0.3, 0.4) is 0 Å². The molecule has 0 aliphatic rings. The second-order valence-corrected chi connectivity index (χ2v) is 4.90. The van der Waals surface area contributed by atoms with Crippen molar-refractivity contribution in [1.82, 2.24) is 0 Å². The van der Waals surface area contributed by atoms with Crippen LogP contribution < -0.4 is 0 Å². The van der Waals surface area contributed by atoms with Crippen LogP contribution in [0.2, 0.25) is 0 Å². The molecule has 0 saturated heterocycles. The SMILES string of the molecule is CCOC(=O)CC(C)Sc1ccc(F)cc1. The zero-order valence-corrected chi connectivity index (χ0v) is 10.2. The maximum Gasteiger partial charge on any atom is 0.306 e. The first-order valence-electron chi connectivity index (χ1n) is 5.19. The number of hydrogen-bond acceptors (Lipinski definition) is 3. The van der Waals surface area contributed by atoms with Crippen molar-refractivity contribution in [2.75, 3.05) is 6.61 Å². The minimum atomic E-state index is -0.248. The van der Waals surface area contributed by atoms with Crippen LogP contribution >= 0.6 is 11.8 Å². The maximum atomic E-state index is 12.7. The molecule has 16 heavy (non-hydrogen) atoms. The molecule has 0 amide bonds. The molecule has 1 aromatic carbocycles. The summed E-state index contributed by atoms with van der Waals surface area (Å²) < 4.78 is 17.5. The van der Waals surface area contributed by atoms with Gasteiger partial charge in [0, 0.05) is 10.1 Å². The van der Waals surface area contributed by atoms with Gasteiger partial charge in [-0.25, -0.2) is 4.39 Å². The van der Waals surface area contributed by atoms with Gasteiger partial charge in [-0.3, -0.25) is 4.79 Å². The van der Waals surface area contributed by atoms with Crippen molar-refractivity contribution < 1.29 is 13.9 Å². The van der Waals surface area contributed by atoms with E-state index < -0.39 is 0 Å². The van der Waals surface area contributed by atoms with Crippen molar-refractivity contribution in [1.29, 1.82) is 0 Å². The molecular weight excluding hydrogens is 227 g/mol. The van der Waals surface area contributed by atoms with Crippen LogP contribution in [0.15, 0.2) is 29.2 Å². The van der Waals surface area contributed by atoms with Crippen molar-refractivity contribution in [2.24, 2.45) is 0 Å². The van der Waals surface area contributed by atoms with Gasteiger partial charge >= 0.3 is 5.97 Å². The van der Waals surface area contributed by atoms with E-state index in [1.165, 1.54) is 23.9 Å². The molecule has 88 valence electrons. The Balaban J connectivity index is 2.42. The zero-order chi connectivity index (χ0) is 12.0. The van der Waals surface area contributed by atoms with E-state index in [2.05, 4.69) is 0 Å². The monoisotopic (exact) mass is 242 g/mol. The van der Waals surface area contributed by atoms with E-state index in [4.69, 9.17) is 4.74 Å². The smallest absolute Gasteiger partial charge is 0.306 e. The molecule has 0 N–H and O–H groups in total. The highest BCUT2D eigenvalue weighted by molar-refractivity contribution is 8.00. The van der Waals surface area contributed by atoms with Gasteiger partial charge in [-0.15, -0.1) is 11.8 Å². The topological polar surface area (TPSA) is 26.3 Å². The minimum Gasteiger partial charge on any atom is -0.466 e. The predicted molar refractivity (Wildman–Crippen MR) is 63.0 cm³/mol. The van der Waals surface area contributed by atoms with Crippen LogP contribution in [0.25, 0.3) is 0 Å². The largest absolute Gasteiger partial charge is 0.466 e. The third-order valence-corrected chi connectivity index (χ3v) is 3.02. The summed E-state index contributed by atoms with van der Waals surface area (Å²) in [4.78, 5) is 12.2. The third kappa shape index (κ3) is 4.66. The highest BCUT2D eigenvalue weighted by Crippen LogP contribution is 2.25. The van der Waals surface area contributed by atoms with Crippen LogP contribution in [0.4, 0.5) is 4.39 Å². The molecular formula is C12H15FO2S. The van der Waals surface area contributed by atoms with Crippen molar-refractivity contribution in [3.63, 3.8) is 0 Å². The Morgan fingerprint density at radius 3 is 2.62 bits per heavy atom. The first kappa shape index (κ1) is 13.0. The standard InChI is InChI=1S/C12H15FO2S/c1-3-15-12(14)8-9(2)16-11-6-4-10(13)5-7-11/h4-7,9H,3,8H2,1-2H3. The molecule has 2 nitrogen and oxygen atoms in total. The molecule has 4 heteroatoms. The summed E-state index contributed by atoms with van der Waals surface area (Å²) in [6, 6.07) is 6.25. The average Bonchev–Trinajstić information content (AvgIpc) is 2.21. The summed E-state index contributed by atoms with van der Waals surface area (Å²) >= 11 is 1.54. The van der Waals surface area contributed by atoms with E-state index in [1.807, 2.05) is 6.92 Å². The van der Waals surface area contributed by atoms with Crippen LogP contribution in [0.5, 0.6) is 0 Å². The first-order valence-corrected chi connectivity index (χ1v) is 6.07. The molecule has 1 aromatic rings. The summed E-state index contributed by atoms with van der Waals surface area (Å²) in [5, 5.41) is 0.129. The molecule has 0 radical (unpaired) electrons. The van der Waals surface area contributed by atoms with E-state index >= 15 is 0 Å². The van der Waals surface area contributed by atoms with Gasteiger partial charge in [0.15, 0.2) is 0 Å². The molecule has 0 fully saturated rings. The average molecular weight is 242 g/mol. The molecule has 1 unspecified atom stereocenters. The number of carbonyl (C=O) groups excluding carboxylic acids is 1. The van der Waals surface area contributed by atoms with Gasteiger partial charge in [-0.1, -0.05) is 6.92 Å². The molecule has 0 aliphatic heterocycles.